The Morgan fingerprint density at radius 2 is 1.73 bits per heavy atom. The van der Waals surface area contributed by atoms with Crippen LogP contribution in [0.5, 0.6) is 5.75 Å². The Hall–Kier alpha value is -3.81. The minimum atomic E-state index is -0.583. The second-order valence-corrected chi connectivity index (χ2v) is 8.25. The molecule has 8 nitrogen and oxygen atoms in total. The molecule has 0 unspecified atom stereocenters. The molecule has 0 atom stereocenters. The van der Waals surface area contributed by atoms with E-state index in [-0.39, 0.29) is 24.8 Å². The third-order valence-electron chi connectivity index (χ3n) is 4.25. The van der Waals surface area contributed by atoms with Gasteiger partial charge in [-0.05, 0) is 62.2 Å². The van der Waals surface area contributed by atoms with Crippen LogP contribution in [0.15, 0.2) is 54.6 Å². The Balaban J connectivity index is 1.72. The highest BCUT2D eigenvalue weighted by molar-refractivity contribution is 5.92. The Labute approximate surface area is 194 Å². The molecule has 0 radical (unpaired) electrons. The normalized spacial score (nSPS) is 11.0. The van der Waals surface area contributed by atoms with Crippen molar-refractivity contribution in [2.45, 2.75) is 39.3 Å². The molecule has 2 aromatic rings. The summed E-state index contributed by atoms with van der Waals surface area (Å²) in [6.45, 7) is 5.85. The molecule has 33 heavy (non-hydrogen) atoms. The van der Waals surface area contributed by atoms with E-state index in [1.54, 1.807) is 46.1 Å². The summed E-state index contributed by atoms with van der Waals surface area (Å²) in [6, 6.07) is 14.6. The van der Waals surface area contributed by atoms with Gasteiger partial charge in [-0.2, -0.15) is 0 Å². The first-order valence-electron chi connectivity index (χ1n) is 10.6. The molecule has 0 fully saturated rings. The van der Waals surface area contributed by atoms with Crippen LogP contribution in [0.2, 0.25) is 0 Å². The third-order valence-corrected chi connectivity index (χ3v) is 4.25. The lowest BCUT2D eigenvalue weighted by atomic mass is 10.2. The van der Waals surface area contributed by atoms with Crippen LogP contribution in [-0.2, 0) is 20.9 Å². The van der Waals surface area contributed by atoms with Crippen molar-refractivity contribution < 1.29 is 23.9 Å². The van der Waals surface area contributed by atoms with Gasteiger partial charge in [-0.1, -0.05) is 24.3 Å². The van der Waals surface area contributed by atoms with Crippen molar-refractivity contribution in [3.05, 3.63) is 65.7 Å². The van der Waals surface area contributed by atoms with Gasteiger partial charge in [-0.15, -0.1) is 0 Å². The summed E-state index contributed by atoms with van der Waals surface area (Å²) in [5, 5.41) is 8.12. The van der Waals surface area contributed by atoms with E-state index in [9.17, 15) is 14.4 Å². The fourth-order valence-corrected chi connectivity index (χ4v) is 2.69. The summed E-state index contributed by atoms with van der Waals surface area (Å²) < 4.78 is 10.3. The van der Waals surface area contributed by atoms with Gasteiger partial charge in [0, 0.05) is 31.3 Å². The largest absolute Gasteiger partial charge is 0.497 e. The zero-order valence-corrected chi connectivity index (χ0v) is 19.4. The smallest absolute Gasteiger partial charge is 0.407 e. The summed E-state index contributed by atoms with van der Waals surface area (Å²) >= 11 is 0. The summed E-state index contributed by atoms with van der Waals surface area (Å²) in [5.41, 5.74) is 1.80. The molecule has 0 aliphatic heterocycles. The summed E-state index contributed by atoms with van der Waals surface area (Å²) in [4.78, 5) is 35.7. The van der Waals surface area contributed by atoms with Gasteiger partial charge in [0.1, 0.15) is 11.4 Å². The van der Waals surface area contributed by atoms with Crippen molar-refractivity contribution in [3.63, 3.8) is 0 Å². The molecule has 0 aliphatic carbocycles. The van der Waals surface area contributed by atoms with Crippen LogP contribution >= 0.6 is 0 Å². The standard InChI is InChI=1S/C25H31N3O5/c1-25(2,3)33-24(31)26-15-14-23(30)28-20-11-8-19(9-12-20)17-27-22(29)13-10-18-6-5-7-21(16-18)32-4/h5-13,16H,14-15,17H2,1-4H3,(H,26,31)(H,27,29)(H,28,30)/b13-10+. The lowest BCUT2D eigenvalue weighted by molar-refractivity contribution is -0.117. The second-order valence-electron chi connectivity index (χ2n) is 8.25. The summed E-state index contributed by atoms with van der Waals surface area (Å²) in [5.74, 6) is 0.284. The van der Waals surface area contributed by atoms with Crippen molar-refractivity contribution >= 4 is 29.7 Å². The Bertz CT molecular complexity index is 978. The van der Waals surface area contributed by atoms with Gasteiger partial charge in [0.25, 0.3) is 0 Å². The number of nitrogens with one attached hydrogen (secondary N) is 3. The molecule has 3 amide bonds. The first-order chi connectivity index (χ1) is 15.6. The maximum Gasteiger partial charge on any atom is 0.407 e. The third kappa shape index (κ3) is 10.4. The molecule has 2 aromatic carbocycles. The number of hydrogen-bond acceptors (Lipinski definition) is 5. The molecule has 176 valence electrons. The number of alkyl carbamates (subject to hydrolysis) is 1. The maximum absolute atomic E-state index is 12.1. The van der Waals surface area contributed by atoms with Gasteiger partial charge in [0.15, 0.2) is 0 Å². The van der Waals surface area contributed by atoms with Crippen LogP contribution in [0.25, 0.3) is 6.08 Å². The van der Waals surface area contributed by atoms with Crippen LogP contribution in [-0.4, -0.2) is 37.2 Å². The first-order valence-corrected chi connectivity index (χ1v) is 10.6. The molecular formula is C25H31N3O5. The Morgan fingerprint density at radius 3 is 2.39 bits per heavy atom. The molecule has 0 saturated carbocycles. The molecule has 3 N–H and O–H groups in total. The van der Waals surface area contributed by atoms with E-state index in [0.29, 0.717) is 12.2 Å². The fraction of sp³-hybridized carbons (Fsp3) is 0.320. The minimum Gasteiger partial charge on any atom is -0.497 e. The first kappa shape index (κ1) is 25.5. The van der Waals surface area contributed by atoms with Crippen LogP contribution in [0.3, 0.4) is 0 Å². The van der Waals surface area contributed by atoms with Crippen molar-refractivity contribution in [1.82, 2.24) is 10.6 Å². The van der Waals surface area contributed by atoms with E-state index < -0.39 is 11.7 Å². The number of carbonyl (C=O) groups is 3. The Kier molecular flexibility index (Phi) is 9.47. The maximum atomic E-state index is 12.1. The van der Waals surface area contributed by atoms with Crippen LogP contribution in [0.1, 0.15) is 38.3 Å². The predicted molar refractivity (Wildman–Crippen MR) is 128 cm³/mol. The van der Waals surface area contributed by atoms with E-state index >= 15 is 0 Å². The average molecular weight is 454 g/mol. The van der Waals surface area contributed by atoms with Gasteiger partial charge in [-0.25, -0.2) is 4.79 Å². The second kappa shape index (κ2) is 12.3. The zero-order chi connectivity index (χ0) is 24.3. The van der Waals surface area contributed by atoms with Crippen molar-refractivity contribution in [2.75, 3.05) is 19.0 Å². The van der Waals surface area contributed by atoms with Crippen molar-refractivity contribution in [2.24, 2.45) is 0 Å². The number of rotatable bonds is 9. The Morgan fingerprint density at radius 1 is 1.00 bits per heavy atom. The number of anilines is 1. The van der Waals surface area contributed by atoms with E-state index in [1.807, 2.05) is 36.4 Å². The van der Waals surface area contributed by atoms with Crippen LogP contribution in [0.4, 0.5) is 10.5 Å². The average Bonchev–Trinajstić information content (AvgIpc) is 2.76. The minimum absolute atomic E-state index is 0.122. The molecule has 8 heteroatoms. The van der Waals surface area contributed by atoms with Crippen molar-refractivity contribution in [1.29, 1.82) is 0 Å². The monoisotopic (exact) mass is 453 g/mol. The summed E-state index contributed by atoms with van der Waals surface area (Å²) in [6.07, 6.45) is 2.75. The van der Waals surface area contributed by atoms with Gasteiger partial charge < -0.3 is 25.4 Å². The highest BCUT2D eigenvalue weighted by Gasteiger charge is 2.15. The molecule has 0 bridgehead atoms. The van der Waals surface area contributed by atoms with Crippen molar-refractivity contribution in [3.8, 4) is 5.75 Å². The van der Waals surface area contributed by atoms with E-state index in [2.05, 4.69) is 16.0 Å². The van der Waals surface area contributed by atoms with Crippen LogP contribution in [0, 0.1) is 0 Å². The zero-order valence-electron chi connectivity index (χ0n) is 19.4. The SMILES string of the molecule is COc1cccc(/C=C/C(=O)NCc2ccc(NC(=O)CCNC(=O)OC(C)(C)C)cc2)c1. The van der Waals surface area contributed by atoms with E-state index in [4.69, 9.17) is 9.47 Å². The summed E-state index contributed by atoms with van der Waals surface area (Å²) in [7, 11) is 1.59. The number of ether oxygens (including phenoxy) is 2. The lowest BCUT2D eigenvalue weighted by Gasteiger charge is -2.19. The number of benzene rings is 2. The van der Waals surface area contributed by atoms with E-state index in [1.165, 1.54) is 6.08 Å². The molecule has 2 rings (SSSR count). The number of carbonyl (C=O) groups excluding carboxylic acids is 3. The number of hydrogen-bond donors (Lipinski definition) is 3. The van der Waals surface area contributed by atoms with Gasteiger partial charge in [0.05, 0.1) is 7.11 Å². The highest BCUT2D eigenvalue weighted by Crippen LogP contribution is 2.14. The lowest BCUT2D eigenvalue weighted by Crippen LogP contribution is -2.34. The van der Waals surface area contributed by atoms with Gasteiger partial charge in [-0.3, -0.25) is 9.59 Å². The molecule has 0 aromatic heterocycles. The van der Waals surface area contributed by atoms with Gasteiger partial charge >= 0.3 is 6.09 Å². The highest BCUT2D eigenvalue weighted by atomic mass is 16.6. The van der Waals surface area contributed by atoms with Crippen LogP contribution < -0.4 is 20.7 Å². The number of methoxy groups -OCH3 is 1. The molecular weight excluding hydrogens is 422 g/mol. The molecule has 0 heterocycles. The quantitative estimate of drug-likeness (QED) is 0.500. The molecule has 0 spiro atoms. The van der Waals surface area contributed by atoms with E-state index in [0.717, 1.165) is 16.9 Å². The topological polar surface area (TPSA) is 106 Å². The molecule has 0 aliphatic rings. The fourth-order valence-electron chi connectivity index (χ4n) is 2.69. The predicted octanol–water partition coefficient (Wildman–Crippen LogP) is 3.88. The molecule has 0 saturated heterocycles. The van der Waals surface area contributed by atoms with Gasteiger partial charge in [0.2, 0.25) is 11.8 Å². The number of amides is 3.